The predicted octanol–water partition coefficient (Wildman–Crippen LogP) is 1.97. The third kappa shape index (κ3) is 7.70. The third-order valence-electron chi connectivity index (χ3n) is 1.18. The molecular formula is C8H16N. The first-order valence-electron chi connectivity index (χ1n) is 3.66. The van der Waals surface area contributed by atoms with Gasteiger partial charge in [-0.3, -0.25) is 0 Å². The van der Waals surface area contributed by atoms with Gasteiger partial charge in [0.1, 0.15) is 0 Å². The van der Waals surface area contributed by atoms with Crippen LogP contribution in [0.25, 0.3) is 0 Å². The monoisotopic (exact) mass is 128 g/mol. The molecule has 1 heteroatoms. The fourth-order valence-electron chi connectivity index (χ4n) is 0.656. The summed E-state index contributed by atoms with van der Waals surface area (Å²) in [5, 5.41) is 4.21. The van der Waals surface area contributed by atoms with E-state index in [1.807, 2.05) is 6.08 Å². The lowest BCUT2D eigenvalue weighted by Crippen LogP contribution is -2.05. The Morgan fingerprint density at radius 3 is 3.00 bits per heavy atom. The lowest BCUT2D eigenvalue weighted by atomic mass is 10.3. The highest BCUT2D eigenvalue weighted by atomic mass is 15.3. The molecule has 0 bridgehead atoms. The molecule has 0 atom stereocenters. The minimum atomic E-state index is 0.823. The van der Waals surface area contributed by atoms with Crippen molar-refractivity contribution in [3.8, 4) is 0 Å². The average Bonchev–Trinajstić information content (AvgIpc) is 1.89. The van der Waals surface area contributed by atoms with Gasteiger partial charge in [0.25, 0.3) is 0 Å². The Hall–Kier alpha value is -0.300. The second-order valence-electron chi connectivity index (χ2n) is 2.13. The molecule has 1 nitrogen and oxygen atoms in total. The summed E-state index contributed by atoms with van der Waals surface area (Å²) < 4.78 is 0. The van der Waals surface area contributed by atoms with Crippen molar-refractivity contribution >= 4 is 0 Å². The highest BCUT2D eigenvalue weighted by Crippen LogP contribution is 1.90. The van der Waals surface area contributed by atoms with E-state index < -0.39 is 0 Å². The number of nitrogens with zero attached hydrogens (tertiary/aromatic N) is 1. The van der Waals surface area contributed by atoms with E-state index >= 15 is 0 Å². The highest BCUT2D eigenvalue weighted by Gasteiger charge is 1.83. The van der Waals surface area contributed by atoms with Crippen molar-refractivity contribution in [3.63, 3.8) is 0 Å². The quantitative estimate of drug-likeness (QED) is 0.383. The van der Waals surface area contributed by atoms with Gasteiger partial charge in [0.2, 0.25) is 0 Å². The Bertz CT molecular complexity index is 59.6. The molecule has 0 amide bonds. The molecule has 0 fully saturated rings. The molecule has 0 saturated carbocycles. The van der Waals surface area contributed by atoms with Crippen molar-refractivity contribution in [1.29, 1.82) is 0 Å². The van der Waals surface area contributed by atoms with Gasteiger partial charge in [0.15, 0.2) is 0 Å². The summed E-state index contributed by atoms with van der Waals surface area (Å²) in [6.45, 7) is 7.62. The highest BCUT2D eigenvalue weighted by molar-refractivity contribution is 4.68. The summed E-state index contributed by atoms with van der Waals surface area (Å²) in [6, 6.07) is 0. The largest absolute Gasteiger partial charge is 0.238 e. The van der Waals surface area contributed by atoms with Gasteiger partial charge >= 0.3 is 0 Å². The first-order valence-corrected chi connectivity index (χ1v) is 3.66. The van der Waals surface area contributed by atoms with E-state index in [9.17, 15) is 0 Å². The van der Waals surface area contributed by atoms with Crippen molar-refractivity contribution in [2.75, 3.05) is 13.1 Å². The van der Waals surface area contributed by atoms with Gasteiger partial charge < -0.3 is 0 Å². The molecule has 0 heterocycles. The lowest BCUT2D eigenvalue weighted by molar-refractivity contribution is 0.638. The van der Waals surface area contributed by atoms with E-state index in [2.05, 4.69) is 18.8 Å². The van der Waals surface area contributed by atoms with Crippen LogP contribution in [0.5, 0.6) is 0 Å². The number of hydrogen-bond donors (Lipinski definition) is 0. The number of hydrogen-bond acceptors (Lipinski definition) is 0. The molecule has 0 N–H and O–H groups in total. The standard InChI is InChI=1S/C8H16N/c1-3-5-6-8-9-7-4-2/h4H,2-3,5-8H2,1H3/i8+2. The van der Waals surface area contributed by atoms with Crippen molar-refractivity contribution in [2.45, 2.75) is 26.2 Å². The summed E-state index contributed by atoms with van der Waals surface area (Å²) in [6.07, 6.45) is 5.67. The molecular weight excluding hydrogens is 112 g/mol. The summed E-state index contributed by atoms with van der Waals surface area (Å²) in [4.78, 5) is 0. The number of rotatable bonds is 6. The van der Waals surface area contributed by atoms with Crippen LogP contribution >= 0.6 is 0 Å². The Morgan fingerprint density at radius 2 is 2.44 bits per heavy atom. The summed E-state index contributed by atoms with van der Waals surface area (Å²) in [7, 11) is 0. The zero-order chi connectivity index (χ0) is 6.95. The van der Waals surface area contributed by atoms with E-state index in [1.54, 1.807) is 0 Å². The van der Waals surface area contributed by atoms with Crippen LogP contribution in [-0.4, -0.2) is 13.1 Å². The van der Waals surface area contributed by atoms with E-state index in [1.165, 1.54) is 19.3 Å². The molecule has 0 rings (SSSR count). The first kappa shape index (κ1) is 8.70. The van der Waals surface area contributed by atoms with Gasteiger partial charge in [0.05, 0.1) is 0 Å². The van der Waals surface area contributed by atoms with Gasteiger partial charge in [-0.05, 0) is 6.42 Å². The molecule has 0 aliphatic carbocycles. The minimum Gasteiger partial charge on any atom is -0.238 e. The average molecular weight is 128 g/mol. The molecule has 9 heavy (non-hydrogen) atoms. The van der Waals surface area contributed by atoms with Crippen LogP contribution in [0.3, 0.4) is 0 Å². The third-order valence-corrected chi connectivity index (χ3v) is 1.18. The van der Waals surface area contributed by atoms with Gasteiger partial charge in [-0.15, -0.1) is 6.58 Å². The van der Waals surface area contributed by atoms with Crippen LogP contribution in [-0.2, 0) is 0 Å². The molecule has 0 aliphatic rings. The van der Waals surface area contributed by atoms with Gasteiger partial charge in [-0.25, -0.2) is 5.32 Å². The van der Waals surface area contributed by atoms with Crippen molar-refractivity contribution < 1.29 is 0 Å². The van der Waals surface area contributed by atoms with E-state index in [0.29, 0.717) is 0 Å². The molecule has 0 unspecified atom stereocenters. The molecule has 0 spiro atoms. The van der Waals surface area contributed by atoms with Gasteiger partial charge in [0, 0.05) is 13.1 Å². The molecule has 0 saturated heterocycles. The van der Waals surface area contributed by atoms with Crippen LogP contribution in [0.1, 0.15) is 26.2 Å². The summed E-state index contributed by atoms with van der Waals surface area (Å²) in [5.41, 5.74) is 0. The van der Waals surface area contributed by atoms with E-state index in [-0.39, 0.29) is 0 Å². The molecule has 1 radical (unpaired) electrons. The van der Waals surface area contributed by atoms with Gasteiger partial charge in [-0.2, -0.15) is 0 Å². The summed E-state index contributed by atoms with van der Waals surface area (Å²) in [5.74, 6) is 0. The van der Waals surface area contributed by atoms with Crippen LogP contribution < -0.4 is 5.32 Å². The van der Waals surface area contributed by atoms with Crippen LogP contribution in [0.4, 0.5) is 0 Å². The topological polar surface area (TPSA) is 14.1 Å². The molecule has 0 aliphatic heterocycles. The summed E-state index contributed by atoms with van der Waals surface area (Å²) >= 11 is 0. The van der Waals surface area contributed by atoms with Crippen LogP contribution in [0, 0.1) is 0 Å². The maximum Gasteiger partial charge on any atom is 0.0311 e. The SMILES string of the molecule is C=CC[N][14CH2]CCCC. The molecule has 53 valence electrons. The normalized spacial score (nSPS) is 9.44. The van der Waals surface area contributed by atoms with E-state index in [4.69, 9.17) is 0 Å². The smallest absolute Gasteiger partial charge is 0.0311 e. The number of unbranched alkanes of at least 4 members (excludes halogenated alkanes) is 2. The predicted molar refractivity (Wildman–Crippen MR) is 41.6 cm³/mol. The first-order chi connectivity index (χ1) is 4.41. The van der Waals surface area contributed by atoms with E-state index in [0.717, 1.165) is 13.1 Å². The maximum absolute atomic E-state index is 4.21. The Labute approximate surface area is 58.2 Å². The second kappa shape index (κ2) is 7.70. The Kier molecular flexibility index (Phi) is 7.44. The Balaban J connectivity index is 2.66. The fraction of sp³-hybridized carbons (Fsp3) is 0.750. The lowest BCUT2D eigenvalue weighted by Gasteiger charge is -1.95. The minimum absolute atomic E-state index is 0.823. The zero-order valence-corrected chi connectivity index (χ0v) is 6.27. The van der Waals surface area contributed by atoms with Crippen molar-refractivity contribution in [3.05, 3.63) is 12.7 Å². The van der Waals surface area contributed by atoms with Gasteiger partial charge in [-0.1, -0.05) is 25.8 Å². The zero-order valence-electron chi connectivity index (χ0n) is 6.27. The Morgan fingerprint density at radius 1 is 1.67 bits per heavy atom. The molecule has 0 aromatic rings. The molecule has 0 aromatic heterocycles. The van der Waals surface area contributed by atoms with Crippen LogP contribution in [0.15, 0.2) is 12.7 Å². The van der Waals surface area contributed by atoms with Crippen molar-refractivity contribution in [1.82, 2.24) is 5.32 Å². The van der Waals surface area contributed by atoms with Crippen molar-refractivity contribution in [2.24, 2.45) is 0 Å². The molecule has 0 aromatic carbocycles. The fourth-order valence-corrected chi connectivity index (χ4v) is 0.656. The van der Waals surface area contributed by atoms with Crippen LogP contribution in [0.2, 0.25) is 0 Å². The maximum atomic E-state index is 4.21. The second-order valence-corrected chi connectivity index (χ2v) is 2.13.